The minimum Gasteiger partial charge on any atom is -0.388 e. The normalized spacial score (nSPS) is 17.1. The Morgan fingerprint density at radius 3 is 2.45 bits per heavy atom. The Labute approximate surface area is 121 Å². The topological polar surface area (TPSA) is 75.4 Å². The molecule has 4 N–H and O–H groups in total. The molecule has 0 aliphatic heterocycles. The summed E-state index contributed by atoms with van der Waals surface area (Å²) in [5.41, 5.74) is 6.75. The van der Waals surface area contributed by atoms with Gasteiger partial charge in [-0.2, -0.15) is 0 Å². The summed E-state index contributed by atoms with van der Waals surface area (Å²) >= 11 is 0. The second-order valence-electron chi connectivity index (χ2n) is 5.48. The molecule has 0 saturated heterocycles. The van der Waals surface area contributed by atoms with Gasteiger partial charge < -0.3 is 16.2 Å². The van der Waals surface area contributed by atoms with Gasteiger partial charge in [-0.25, -0.2) is 0 Å². The molecule has 0 aromatic heterocycles. The number of aliphatic hydroxyl groups excluding tert-OH is 1. The third kappa shape index (κ3) is 4.94. The smallest absolute Gasteiger partial charge is 0.237 e. The van der Waals surface area contributed by atoms with Crippen molar-refractivity contribution in [1.29, 1.82) is 0 Å². The summed E-state index contributed by atoms with van der Waals surface area (Å²) in [7, 11) is 0. The van der Waals surface area contributed by atoms with Crippen LogP contribution < -0.4 is 11.1 Å². The summed E-state index contributed by atoms with van der Waals surface area (Å²) in [5.74, 6) is 0.00774. The molecule has 1 rings (SSSR count). The first-order chi connectivity index (χ1) is 9.45. The van der Waals surface area contributed by atoms with Gasteiger partial charge in [-0.05, 0) is 24.8 Å². The number of rotatable bonds is 7. The van der Waals surface area contributed by atoms with Gasteiger partial charge in [0.05, 0.1) is 12.1 Å². The van der Waals surface area contributed by atoms with Crippen LogP contribution in [-0.4, -0.2) is 23.1 Å². The molecule has 0 aliphatic carbocycles. The van der Waals surface area contributed by atoms with Crippen LogP contribution >= 0.6 is 0 Å². The van der Waals surface area contributed by atoms with Gasteiger partial charge in [0.25, 0.3) is 0 Å². The van der Waals surface area contributed by atoms with Gasteiger partial charge in [-0.1, -0.05) is 50.6 Å². The maximum atomic E-state index is 12.0. The minimum atomic E-state index is -0.577. The molecule has 20 heavy (non-hydrogen) atoms. The number of nitrogens with two attached hydrogens (primary N) is 1. The van der Waals surface area contributed by atoms with Crippen molar-refractivity contribution in [3.63, 3.8) is 0 Å². The highest BCUT2D eigenvalue weighted by Crippen LogP contribution is 2.17. The van der Waals surface area contributed by atoms with Crippen LogP contribution in [-0.2, 0) is 4.79 Å². The van der Waals surface area contributed by atoms with Crippen LogP contribution in [0.4, 0.5) is 0 Å². The standard InChI is InChI=1S/C16H26N2O2/c1-4-11(2)15(17)16(20)18-12(3)10-14(19)13-8-6-5-7-9-13/h5-9,11-12,14-15,19H,4,10,17H2,1-3H3,(H,18,20). The molecule has 4 heteroatoms. The van der Waals surface area contributed by atoms with E-state index in [9.17, 15) is 9.90 Å². The van der Waals surface area contributed by atoms with Crippen molar-refractivity contribution in [2.24, 2.45) is 11.7 Å². The highest BCUT2D eigenvalue weighted by atomic mass is 16.3. The van der Waals surface area contributed by atoms with Crippen molar-refractivity contribution in [2.45, 2.75) is 51.8 Å². The van der Waals surface area contributed by atoms with Crippen molar-refractivity contribution < 1.29 is 9.90 Å². The van der Waals surface area contributed by atoms with Crippen LogP contribution in [0.15, 0.2) is 30.3 Å². The molecule has 1 aromatic carbocycles. The zero-order chi connectivity index (χ0) is 15.1. The first kappa shape index (κ1) is 16.7. The van der Waals surface area contributed by atoms with Gasteiger partial charge >= 0.3 is 0 Å². The molecule has 4 nitrogen and oxygen atoms in total. The molecule has 0 aliphatic rings. The summed E-state index contributed by atoms with van der Waals surface area (Å²) in [6.07, 6.45) is 0.768. The molecule has 112 valence electrons. The van der Waals surface area contributed by atoms with Crippen LogP contribution in [0, 0.1) is 5.92 Å². The second kappa shape index (κ2) is 8.02. The maximum Gasteiger partial charge on any atom is 0.237 e. The lowest BCUT2D eigenvalue weighted by atomic mass is 9.98. The number of hydrogen-bond donors (Lipinski definition) is 3. The van der Waals surface area contributed by atoms with Gasteiger partial charge in [0, 0.05) is 6.04 Å². The summed E-state index contributed by atoms with van der Waals surface area (Å²) in [6.45, 7) is 5.86. The first-order valence-electron chi connectivity index (χ1n) is 7.24. The van der Waals surface area contributed by atoms with Crippen molar-refractivity contribution >= 4 is 5.91 Å². The van der Waals surface area contributed by atoms with Crippen LogP contribution in [0.2, 0.25) is 0 Å². The molecular formula is C16H26N2O2. The maximum absolute atomic E-state index is 12.0. The van der Waals surface area contributed by atoms with E-state index in [1.54, 1.807) is 0 Å². The lowest BCUT2D eigenvalue weighted by molar-refractivity contribution is -0.124. The van der Waals surface area contributed by atoms with E-state index >= 15 is 0 Å². The average molecular weight is 278 g/mol. The highest BCUT2D eigenvalue weighted by Gasteiger charge is 2.21. The van der Waals surface area contributed by atoms with E-state index in [0.29, 0.717) is 6.42 Å². The summed E-state index contributed by atoms with van der Waals surface area (Å²) in [6, 6.07) is 8.84. The molecule has 4 unspecified atom stereocenters. The zero-order valence-electron chi connectivity index (χ0n) is 12.5. The second-order valence-corrected chi connectivity index (χ2v) is 5.48. The summed E-state index contributed by atoms with van der Waals surface area (Å²) < 4.78 is 0. The third-order valence-electron chi connectivity index (χ3n) is 3.71. The van der Waals surface area contributed by atoms with Gasteiger partial charge in [-0.15, -0.1) is 0 Å². The number of nitrogens with one attached hydrogen (secondary N) is 1. The summed E-state index contributed by atoms with van der Waals surface area (Å²) in [5, 5.41) is 13.0. The van der Waals surface area contributed by atoms with E-state index in [1.807, 2.05) is 51.1 Å². The van der Waals surface area contributed by atoms with Gasteiger partial charge in [-0.3, -0.25) is 4.79 Å². The van der Waals surface area contributed by atoms with Crippen molar-refractivity contribution in [1.82, 2.24) is 5.32 Å². The van der Waals surface area contributed by atoms with E-state index in [2.05, 4.69) is 5.32 Å². The Hall–Kier alpha value is -1.39. The van der Waals surface area contributed by atoms with Crippen LogP contribution in [0.5, 0.6) is 0 Å². The van der Waals surface area contributed by atoms with Crippen molar-refractivity contribution in [3.8, 4) is 0 Å². The molecule has 0 heterocycles. The molecule has 0 saturated carbocycles. The fourth-order valence-electron chi connectivity index (χ4n) is 2.06. The monoisotopic (exact) mass is 278 g/mol. The first-order valence-corrected chi connectivity index (χ1v) is 7.24. The predicted molar refractivity (Wildman–Crippen MR) is 81.1 cm³/mol. The SMILES string of the molecule is CCC(C)C(N)C(=O)NC(C)CC(O)c1ccccc1. The van der Waals surface area contributed by atoms with E-state index in [1.165, 1.54) is 0 Å². The lowest BCUT2D eigenvalue weighted by Crippen LogP contribution is -2.47. The number of benzene rings is 1. The third-order valence-corrected chi connectivity index (χ3v) is 3.71. The molecule has 0 spiro atoms. The van der Waals surface area contributed by atoms with Gasteiger partial charge in [0.1, 0.15) is 0 Å². The number of hydrogen-bond acceptors (Lipinski definition) is 3. The van der Waals surface area contributed by atoms with E-state index < -0.39 is 12.1 Å². The van der Waals surface area contributed by atoms with Crippen LogP contribution in [0.3, 0.4) is 0 Å². The molecule has 0 fully saturated rings. The molecule has 1 aromatic rings. The molecular weight excluding hydrogens is 252 g/mol. The largest absolute Gasteiger partial charge is 0.388 e. The summed E-state index contributed by atoms with van der Waals surface area (Å²) in [4.78, 5) is 12.0. The van der Waals surface area contributed by atoms with E-state index in [0.717, 1.165) is 12.0 Å². The lowest BCUT2D eigenvalue weighted by Gasteiger charge is -2.22. The molecule has 0 radical (unpaired) electrons. The Morgan fingerprint density at radius 1 is 1.30 bits per heavy atom. The van der Waals surface area contributed by atoms with Crippen LogP contribution in [0.1, 0.15) is 45.3 Å². The molecule has 0 bridgehead atoms. The predicted octanol–water partition coefficient (Wildman–Crippen LogP) is 1.99. The number of carbonyl (C=O) groups is 1. The van der Waals surface area contributed by atoms with E-state index in [4.69, 9.17) is 5.73 Å². The highest BCUT2D eigenvalue weighted by molar-refractivity contribution is 5.82. The Balaban J connectivity index is 2.47. The Morgan fingerprint density at radius 2 is 1.90 bits per heavy atom. The average Bonchev–Trinajstić information content (AvgIpc) is 2.46. The molecule has 1 amide bonds. The number of carbonyl (C=O) groups excluding carboxylic acids is 1. The van der Waals surface area contributed by atoms with Crippen molar-refractivity contribution in [2.75, 3.05) is 0 Å². The Kier molecular flexibility index (Phi) is 6.68. The molecule has 4 atom stereocenters. The minimum absolute atomic E-state index is 0.118. The van der Waals surface area contributed by atoms with Gasteiger partial charge in [0.15, 0.2) is 0 Å². The number of aliphatic hydroxyl groups is 1. The quantitative estimate of drug-likeness (QED) is 0.714. The number of amides is 1. The fourth-order valence-corrected chi connectivity index (χ4v) is 2.06. The Bertz CT molecular complexity index is 408. The van der Waals surface area contributed by atoms with Gasteiger partial charge in [0.2, 0.25) is 5.91 Å². The van der Waals surface area contributed by atoms with Crippen LogP contribution in [0.25, 0.3) is 0 Å². The fraction of sp³-hybridized carbons (Fsp3) is 0.562. The van der Waals surface area contributed by atoms with E-state index in [-0.39, 0.29) is 17.9 Å². The van der Waals surface area contributed by atoms with Crippen molar-refractivity contribution in [3.05, 3.63) is 35.9 Å². The zero-order valence-corrected chi connectivity index (χ0v) is 12.5.